The third-order valence-electron chi connectivity index (χ3n) is 4.66. The van der Waals surface area contributed by atoms with Crippen LogP contribution in [0.4, 0.5) is 4.39 Å². The molecule has 0 aliphatic rings. The van der Waals surface area contributed by atoms with Gasteiger partial charge in [-0.1, -0.05) is 12.1 Å². The average Bonchev–Trinajstić information content (AvgIpc) is 3.10. The van der Waals surface area contributed by atoms with Crippen molar-refractivity contribution in [1.82, 2.24) is 20.0 Å². The van der Waals surface area contributed by atoms with Crippen molar-refractivity contribution in [2.75, 3.05) is 19.8 Å². The predicted octanol–water partition coefficient (Wildman–Crippen LogP) is 2.85. The van der Waals surface area contributed by atoms with E-state index in [1.165, 1.54) is 18.2 Å². The van der Waals surface area contributed by atoms with Crippen molar-refractivity contribution in [3.8, 4) is 0 Å². The van der Waals surface area contributed by atoms with Gasteiger partial charge in [0.1, 0.15) is 11.5 Å². The van der Waals surface area contributed by atoms with Crippen molar-refractivity contribution in [3.63, 3.8) is 0 Å². The lowest BCUT2D eigenvalue weighted by molar-refractivity contribution is 0.599. The van der Waals surface area contributed by atoms with Gasteiger partial charge in [-0.2, -0.15) is 0 Å². The second-order valence-electron chi connectivity index (χ2n) is 7.24. The van der Waals surface area contributed by atoms with Crippen LogP contribution < -0.4 is 10.6 Å². The van der Waals surface area contributed by atoms with E-state index in [4.69, 9.17) is 0 Å². The van der Waals surface area contributed by atoms with Gasteiger partial charge in [0.2, 0.25) is 0 Å². The van der Waals surface area contributed by atoms with Crippen molar-refractivity contribution in [3.05, 3.63) is 70.9 Å². The molecule has 3 aromatic rings. The number of aliphatic imine (C=N–C) groups is 1. The second-order valence-corrected chi connectivity index (χ2v) is 9.38. The lowest BCUT2D eigenvalue weighted by Gasteiger charge is -2.14. The molecule has 2 heterocycles. The van der Waals surface area contributed by atoms with Gasteiger partial charge >= 0.3 is 0 Å². The Bertz CT molecular complexity index is 1180. The fraction of sp³-hybridized carbons (Fsp3) is 0.333. The van der Waals surface area contributed by atoms with Gasteiger partial charge in [0.05, 0.1) is 11.4 Å². The molecular weight excluding hydrogens is 532 g/mol. The summed E-state index contributed by atoms with van der Waals surface area (Å²) in [5.74, 6) is 0.00235. The number of sulfone groups is 1. The zero-order valence-corrected chi connectivity index (χ0v) is 20.9. The Balaban J connectivity index is 0.00000341. The van der Waals surface area contributed by atoms with Gasteiger partial charge in [-0.25, -0.2) is 17.8 Å². The van der Waals surface area contributed by atoms with E-state index in [-0.39, 0.29) is 36.3 Å². The molecule has 2 aromatic heterocycles. The number of pyridine rings is 1. The van der Waals surface area contributed by atoms with E-state index < -0.39 is 15.7 Å². The van der Waals surface area contributed by atoms with Gasteiger partial charge in [0.15, 0.2) is 15.8 Å². The molecule has 0 fully saturated rings. The van der Waals surface area contributed by atoms with Gasteiger partial charge in [0, 0.05) is 45.2 Å². The number of rotatable bonds is 7. The fourth-order valence-corrected chi connectivity index (χ4v) is 4.06. The maximum absolute atomic E-state index is 13.7. The van der Waals surface area contributed by atoms with Gasteiger partial charge in [-0.15, -0.1) is 24.0 Å². The first kappa shape index (κ1) is 25.1. The molecular formula is C21H27FIN5O2S. The lowest BCUT2D eigenvalue weighted by atomic mass is 10.1. The summed E-state index contributed by atoms with van der Waals surface area (Å²) in [6, 6.07) is 8.14. The van der Waals surface area contributed by atoms with Crippen LogP contribution in [0.15, 0.2) is 47.7 Å². The largest absolute Gasteiger partial charge is 0.356 e. The van der Waals surface area contributed by atoms with Crippen LogP contribution in [-0.2, 0) is 28.6 Å². The van der Waals surface area contributed by atoms with Crippen LogP contribution in [0, 0.1) is 12.7 Å². The second kappa shape index (κ2) is 10.9. The summed E-state index contributed by atoms with van der Waals surface area (Å²) in [5.41, 5.74) is 4.18. The van der Waals surface area contributed by atoms with Crippen molar-refractivity contribution in [2.24, 2.45) is 4.99 Å². The van der Waals surface area contributed by atoms with Crippen molar-refractivity contribution in [1.29, 1.82) is 0 Å². The third kappa shape index (κ3) is 7.17. The number of fused-ring (bicyclic) bond motifs is 1. The highest BCUT2D eigenvalue weighted by Gasteiger charge is 2.11. The minimum absolute atomic E-state index is 0. The smallest absolute Gasteiger partial charge is 0.191 e. The number of aryl methyl sites for hydroxylation is 1. The van der Waals surface area contributed by atoms with E-state index in [2.05, 4.69) is 20.6 Å². The molecule has 0 bridgehead atoms. The van der Waals surface area contributed by atoms with Crippen molar-refractivity contribution >= 4 is 45.4 Å². The summed E-state index contributed by atoms with van der Waals surface area (Å²) in [4.78, 5) is 8.82. The summed E-state index contributed by atoms with van der Waals surface area (Å²) in [7, 11) is -1.58. The van der Waals surface area contributed by atoms with Crippen LogP contribution in [0.25, 0.3) is 5.65 Å². The number of imidazole rings is 1. The minimum atomic E-state index is -3.22. The topological polar surface area (TPSA) is 87.9 Å². The molecule has 0 radical (unpaired) electrons. The molecule has 31 heavy (non-hydrogen) atoms. The highest BCUT2D eigenvalue weighted by molar-refractivity contribution is 14.0. The lowest BCUT2D eigenvalue weighted by Crippen LogP contribution is -2.38. The van der Waals surface area contributed by atoms with E-state index in [1.807, 2.05) is 35.9 Å². The first-order valence-electron chi connectivity index (χ1n) is 9.58. The van der Waals surface area contributed by atoms with Crippen LogP contribution in [0.2, 0.25) is 0 Å². The van der Waals surface area contributed by atoms with Crippen LogP contribution >= 0.6 is 24.0 Å². The molecule has 0 amide bonds. The molecule has 0 saturated heterocycles. The van der Waals surface area contributed by atoms with Crippen molar-refractivity contribution in [2.45, 2.75) is 25.6 Å². The molecule has 10 heteroatoms. The third-order valence-corrected chi connectivity index (χ3v) is 5.49. The van der Waals surface area contributed by atoms with E-state index in [1.54, 1.807) is 7.05 Å². The number of guanidine groups is 1. The molecule has 0 atom stereocenters. The van der Waals surface area contributed by atoms with E-state index in [0.717, 1.165) is 23.2 Å². The van der Waals surface area contributed by atoms with Crippen LogP contribution in [-0.4, -0.2) is 43.6 Å². The van der Waals surface area contributed by atoms with Gasteiger partial charge in [-0.3, -0.25) is 4.99 Å². The number of nitrogens with one attached hydrogen (secondary N) is 2. The Morgan fingerprint density at radius 2 is 2.00 bits per heavy atom. The zero-order valence-electron chi connectivity index (χ0n) is 17.7. The van der Waals surface area contributed by atoms with Gasteiger partial charge < -0.3 is 15.0 Å². The highest BCUT2D eigenvalue weighted by atomic mass is 127. The van der Waals surface area contributed by atoms with Crippen LogP contribution in [0.3, 0.4) is 0 Å². The SMILES string of the molecule is CN=C(NCCc1cn2cccc(C)c2n1)NCc1cc(F)ccc1CS(C)(=O)=O.I. The molecule has 2 N–H and O–H groups in total. The summed E-state index contributed by atoms with van der Waals surface area (Å²) >= 11 is 0. The highest BCUT2D eigenvalue weighted by Crippen LogP contribution is 2.14. The van der Waals surface area contributed by atoms with E-state index >= 15 is 0 Å². The summed E-state index contributed by atoms with van der Waals surface area (Å²) in [6.45, 7) is 2.90. The normalized spacial score (nSPS) is 11.9. The molecule has 0 unspecified atom stereocenters. The Kier molecular flexibility index (Phi) is 8.80. The number of aromatic nitrogens is 2. The van der Waals surface area contributed by atoms with Crippen molar-refractivity contribution < 1.29 is 12.8 Å². The standard InChI is InChI=1S/C21H26FN5O2S.HI/c1-15-5-4-10-27-13-19(26-20(15)27)8-9-24-21(23-2)25-12-17-11-18(22)7-6-16(17)14-30(3,28)29;/h4-7,10-11,13H,8-9,12,14H2,1-3H3,(H2,23,24,25);1H. The number of halogens is 2. The molecule has 0 aliphatic carbocycles. The minimum Gasteiger partial charge on any atom is -0.356 e. The quantitative estimate of drug-likeness (QED) is 0.264. The Hall–Kier alpha value is -2.21. The number of hydrogen-bond acceptors (Lipinski definition) is 4. The monoisotopic (exact) mass is 559 g/mol. The fourth-order valence-electron chi connectivity index (χ4n) is 3.22. The molecule has 3 rings (SSSR count). The molecule has 168 valence electrons. The van der Waals surface area contributed by atoms with E-state index in [0.29, 0.717) is 30.1 Å². The predicted molar refractivity (Wildman–Crippen MR) is 132 cm³/mol. The first-order chi connectivity index (χ1) is 14.2. The Morgan fingerprint density at radius 3 is 2.68 bits per heavy atom. The summed E-state index contributed by atoms with van der Waals surface area (Å²) in [6.07, 6.45) is 5.85. The van der Waals surface area contributed by atoms with Crippen LogP contribution in [0.1, 0.15) is 22.4 Å². The van der Waals surface area contributed by atoms with E-state index in [9.17, 15) is 12.8 Å². The molecule has 0 spiro atoms. The van der Waals surface area contributed by atoms with Crippen LogP contribution in [0.5, 0.6) is 0 Å². The number of nitrogens with zero attached hydrogens (tertiary/aromatic N) is 3. The maximum Gasteiger partial charge on any atom is 0.191 e. The average molecular weight is 559 g/mol. The molecule has 0 aliphatic heterocycles. The number of benzene rings is 1. The maximum atomic E-state index is 13.7. The Morgan fingerprint density at radius 1 is 1.23 bits per heavy atom. The van der Waals surface area contributed by atoms with Gasteiger partial charge in [0.25, 0.3) is 0 Å². The first-order valence-corrected chi connectivity index (χ1v) is 11.6. The molecule has 1 aromatic carbocycles. The Labute approximate surface area is 199 Å². The summed E-state index contributed by atoms with van der Waals surface area (Å²) in [5, 5.41) is 6.32. The molecule has 7 nitrogen and oxygen atoms in total. The summed E-state index contributed by atoms with van der Waals surface area (Å²) < 4.78 is 38.9. The molecule has 0 saturated carbocycles. The van der Waals surface area contributed by atoms with Gasteiger partial charge in [-0.05, 0) is 41.8 Å². The zero-order chi connectivity index (χ0) is 21.7. The number of hydrogen-bond donors (Lipinski definition) is 2.